The fourth-order valence-electron chi connectivity index (χ4n) is 2.67. The summed E-state index contributed by atoms with van der Waals surface area (Å²) in [6, 6.07) is 16.9. The predicted octanol–water partition coefficient (Wildman–Crippen LogP) is 2.48. The Hall–Kier alpha value is -2.13. The molecule has 0 bridgehead atoms. The minimum Gasteiger partial charge on any atom is -0.387 e. The Morgan fingerprint density at radius 1 is 1.00 bits per heavy atom. The Kier molecular flexibility index (Phi) is 2.84. The monoisotopic (exact) mass is 253 g/mol. The topological polar surface area (TPSA) is 40.5 Å². The van der Waals surface area contributed by atoms with E-state index in [4.69, 9.17) is 0 Å². The van der Waals surface area contributed by atoms with Crippen molar-refractivity contribution in [3.8, 4) is 0 Å². The normalized spacial score (nSPS) is 22.2. The molecule has 2 atom stereocenters. The lowest BCUT2D eigenvalue weighted by atomic mass is 9.84. The number of carbonyl (C=O) groups excluding carboxylic acids is 1. The van der Waals surface area contributed by atoms with Gasteiger partial charge in [-0.15, -0.1) is 0 Å². The van der Waals surface area contributed by atoms with E-state index in [1.165, 1.54) is 0 Å². The smallest absolute Gasteiger partial charge is 0.237 e. The largest absolute Gasteiger partial charge is 0.387 e. The lowest BCUT2D eigenvalue weighted by Crippen LogP contribution is -2.39. The number of para-hydroxylation sites is 1. The fraction of sp³-hybridized carbons (Fsp3) is 0.188. The molecule has 1 heterocycles. The quantitative estimate of drug-likeness (QED) is 0.848. The Morgan fingerprint density at radius 3 is 2.37 bits per heavy atom. The highest BCUT2D eigenvalue weighted by Gasteiger charge is 2.38. The molecule has 0 aliphatic carbocycles. The Labute approximate surface area is 112 Å². The molecule has 2 aromatic rings. The number of aliphatic hydroxyl groups is 1. The average molecular weight is 253 g/mol. The summed E-state index contributed by atoms with van der Waals surface area (Å²) in [6.45, 7) is 0. The maximum absolute atomic E-state index is 12.5. The van der Waals surface area contributed by atoms with Gasteiger partial charge < -0.3 is 10.0 Å². The summed E-state index contributed by atoms with van der Waals surface area (Å²) in [5.74, 6) is -0.599. The Bertz CT molecular complexity index is 609. The number of aliphatic hydroxyl groups excluding tert-OH is 1. The average Bonchev–Trinajstić information content (AvgIpc) is 2.46. The minimum atomic E-state index is -0.790. The van der Waals surface area contributed by atoms with Gasteiger partial charge in [0, 0.05) is 18.3 Å². The van der Waals surface area contributed by atoms with Crippen molar-refractivity contribution in [1.29, 1.82) is 0 Å². The molecule has 2 unspecified atom stereocenters. The molecule has 2 aromatic carbocycles. The van der Waals surface area contributed by atoms with E-state index in [-0.39, 0.29) is 5.91 Å². The predicted molar refractivity (Wildman–Crippen MR) is 74.0 cm³/mol. The van der Waals surface area contributed by atoms with Gasteiger partial charge in [0.25, 0.3) is 0 Å². The SMILES string of the molecule is CN1C(=O)C(c2ccccc2)C(O)c2ccccc21. The Balaban J connectivity index is 2.12. The van der Waals surface area contributed by atoms with E-state index in [0.717, 1.165) is 16.8 Å². The molecule has 1 aliphatic heterocycles. The first kappa shape index (κ1) is 11.9. The van der Waals surface area contributed by atoms with E-state index in [1.807, 2.05) is 54.6 Å². The van der Waals surface area contributed by atoms with E-state index in [0.29, 0.717) is 0 Å². The zero-order valence-electron chi connectivity index (χ0n) is 10.7. The minimum absolute atomic E-state index is 0.0719. The molecule has 3 rings (SSSR count). The first-order valence-corrected chi connectivity index (χ1v) is 6.29. The third-order valence-corrected chi connectivity index (χ3v) is 3.69. The van der Waals surface area contributed by atoms with Gasteiger partial charge in [-0.3, -0.25) is 4.79 Å². The lowest BCUT2D eigenvalue weighted by Gasteiger charge is -2.35. The third-order valence-electron chi connectivity index (χ3n) is 3.69. The lowest BCUT2D eigenvalue weighted by molar-refractivity contribution is -0.123. The zero-order chi connectivity index (χ0) is 13.4. The second-order valence-electron chi connectivity index (χ2n) is 4.79. The molecule has 3 heteroatoms. The highest BCUT2D eigenvalue weighted by atomic mass is 16.3. The maximum Gasteiger partial charge on any atom is 0.237 e. The van der Waals surface area contributed by atoms with Gasteiger partial charge in [0.05, 0.1) is 12.0 Å². The van der Waals surface area contributed by atoms with Crippen molar-refractivity contribution in [3.05, 3.63) is 65.7 Å². The van der Waals surface area contributed by atoms with Crippen molar-refractivity contribution >= 4 is 11.6 Å². The van der Waals surface area contributed by atoms with Crippen LogP contribution in [0.2, 0.25) is 0 Å². The zero-order valence-corrected chi connectivity index (χ0v) is 10.7. The van der Waals surface area contributed by atoms with Crippen molar-refractivity contribution in [2.24, 2.45) is 0 Å². The van der Waals surface area contributed by atoms with Gasteiger partial charge in [-0.05, 0) is 11.6 Å². The highest BCUT2D eigenvalue weighted by Crippen LogP contribution is 2.41. The van der Waals surface area contributed by atoms with E-state index in [9.17, 15) is 9.90 Å². The summed E-state index contributed by atoms with van der Waals surface area (Å²) in [6.07, 6.45) is -0.790. The van der Waals surface area contributed by atoms with Crippen LogP contribution in [0.15, 0.2) is 54.6 Å². The number of fused-ring (bicyclic) bond motifs is 1. The standard InChI is InChI=1S/C16H15NO2/c1-17-13-10-6-5-9-12(13)15(18)14(16(17)19)11-7-3-2-4-8-11/h2-10,14-15,18H,1H3. The summed E-state index contributed by atoms with van der Waals surface area (Å²) >= 11 is 0. The van der Waals surface area contributed by atoms with Crippen molar-refractivity contribution in [2.45, 2.75) is 12.0 Å². The fourth-order valence-corrected chi connectivity index (χ4v) is 2.67. The number of benzene rings is 2. The molecule has 3 nitrogen and oxygen atoms in total. The molecular formula is C16H15NO2. The van der Waals surface area contributed by atoms with Crippen LogP contribution in [-0.4, -0.2) is 18.1 Å². The number of nitrogens with zero attached hydrogens (tertiary/aromatic N) is 1. The van der Waals surface area contributed by atoms with Gasteiger partial charge in [-0.25, -0.2) is 0 Å². The molecule has 0 fully saturated rings. The van der Waals surface area contributed by atoms with Gasteiger partial charge >= 0.3 is 0 Å². The summed E-state index contributed by atoms with van der Waals surface area (Å²) in [5.41, 5.74) is 2.44. The number of hydrogen-bond acceptors (Lipinski definition) is 2. The molecular weight excluding hydrogens is 238 g/mol. The van der Waals surface area contributed by atoms with Crippen molar-refractivity contribution in [1.82, 2.24) is 0 Å². The number of amides is 1. The molecule has 0 radical (unpaired) electrons. The molecule has 19 heavy (non-hydrogen) atoms. The summed E-state index contributed by atoms with van der Waals surface area (Å²) in [7, 11) is 1.75. The first-order chi connectivity index (χ1) is 9.20. The van der Waals surface area contributed by atoms with Crippen LogP contribution in [0.1, 0.15) is 23.1 Å². The van der Waals surface area contributed by atoms with Crippen LogP contribution in [0.3, 0.4) is 0 Å². The van der Waals surface area contributed by atoms with E-state index < -0.39 is 12.0 Å². The highest BCUT2D eigenvalue weighted by molar-refractivity contribution is 6.01. The van der Waals surface area contributed by atoms with E-state index in [2.05, 4.69) is 0 Å². The van der Waals surface area contributed by atoms with E-state index >= 15 is 0 Å². The van der Waals surface area contributed by atoms with Crippen molar-refractivity contribution in [3.63, 3.8) is 0 Å². The van der Waals surface area contributed by atoms with Gasteiger partial charge in [0.2, 0.25) is 5.91 Å². The second-order valence-corrected chi connectivity index (χ2v) is 4.79. The molecule has 1 aliphatic rings. The Morgan fingerprint density at radius 2 is 1.63 bits per heavy atom. The number of hydrogen-bond donors (Lipinski definition) is 1. The molecule has 1 N–H and O–H groups in total. The van der Waals surface area contributed by atoms with Crippen LogP contribution in [-0.2, 0) is 4.79 Å². The van der Waals surface area contributed by atoms with Crippen molar-refractivity contribution < 1.29 is 9.90 Å². The molecule has 96 valence electrons. The summed E-state index contributed by atoms with van der Waals surface area (Å²) < 4.78 is 0. The third kappa shape index (κ3) is 1.83. The molecule has 0 saturated heterocycles. The summed E-state index contributed by atoms with van der Waals surface area (Å²) in [5, 5.41) is 10.5. The van der Waals surface area contributed by atoms with Gasteiger partial charge in [0.1, 0.15) is 0 Å². The van der Waals surface area contributed by atoms with Crippen LogP contribution >= 0.6 is 0 Å². The van der Waals surface area contributed by atoms with Crippen molar-refractivity contribution in [2.75, 3.05) is 11.9 Å². The molecule has 0 aromatic heterocycles. The number of likely N-dealkylation sites (N-methyl/N-ethyl adjacent to an activating group) is 1. The van der Waals surface area contributed by atoms with Gasteiger partial charge in [-0.1, -0.05) is 48.5 Å². The number of carbonyl (C=O) groups is 1. The van der Waals surface area contributed by atoms with Crippen LogP contribution in [0.5, 0.6) is 0 Å². The van der Waals surface area contributed by atoms with Crippen LogP contribution in [0.25, 0.3) is 0 Å². The van der Waals surface area contributed by atoms with Crippen LogP contribution in [0.4, 0.5) is 5.69 Å². The molecule has 1 amide bonds. The van der Waals surface area contributed by atoms with Crippen LogP contribution in [0, 0.1) is 0 Å². The molecule has 0 spiro atoms. The van der Waals surface area contributed by atoms with Gasteiger partial charge in [0.15, 0.2) is 0 Å². The van der Waals surface area contributed by atoms with Gasteiger partial charge in [-0.2, -0.15) is 0 Å². The second kappa shape index (κ2) is 4.52. The summed E-state index contributed by atoms with van der Waals surface area (Å²) in [4.78, 5) is 14.1. The van der Waals surface area contributed by atoms with E-state index in [1.54, 1.807) is 11.9 Å². The maximum atomic E-state index is 12.5. The van der Waals surface area contributed by atoms with Crippen LogP contribution < -0.4 is 4.90 Å². The number of rotatable bonds is 1. The first-order valence-electron chi connectivity index (χ1n) is 6.29. The molecule has 0 saturated carbocycles. The number of anilines is 1.